The SMILES string of the molecule is C[C@@H](N)c1c(F)cccc1SC1COC1. The number of halogens is 1. The normalized spacial score (nSPS) is 18.6. The molecule has 0 amide bonds. The second kappa shape index (κ2) is 4.51. The largest absolute Gasteiger partial charge is 0.379 e. The molecule has 0 bridgehead atoms. The third-order valence-corrected chi connectivity index (χ3v) is 3.58. The molecule has 15 heavy (non-hydrogen) atoms. The zero-order valence-electron chi connectivity index (χ0n) is 8.57. The van der Waals surface area contributed by atoms with Crippen LogP contribution in [0.25, 0.3) is 0 Å². The molecule has 1 fully saturated rings. The van der Waals surface area contributed by atoms with Crippen molar-refractivity contribution in [2.45, 2.75) is 23.1 Å². The molecule has 0 aliphatic carbocycles. The van der Waals surface area contributed by atoms with Crippen molar-refractivity contribution in [3.05, 3.63) is 29.6 Å². The Morgan fingerprint density at radius 1 is 1.53 bits per heavy atom. The van der Waals surface area contributed by atoms with E-state index in [9.17, 15) is 4.39 Å². The Kier molecular flexibility index (Phi) is 3.29. The molecule has 1 aromatic rings. The lowest BCUT2D eigenvalue weighted by Gasteiger charge is -2.26. The highest BCUT2D eigenvalue weighted by Crippen LogP contribution is 2.33. The van der Waals surface area contributed by atoms with Crippen LogP contribution in [0.1, 0.15) is 18.5 Å². The summed E-state index contributed by atoms with van der Waals surface area (Å²) < 4.78 is 18.6. The Hall–Kier alpha value is -0.580. The molecule has 2 rings (SSSR count). The zero-order valence-corrected chi connectivity index (χ0v) is 9.39. The number of rotatable bonds is 3. The summed E-state index contributed by atoms with van der Waals surface area (Å²) in [5, 5.41) is 0.448. The van der Waals surface area contributed by atoms with E-state index in [1.165, 1.54) is 6.07 Å². The molecule has 0 aromatic heterocycles. The van der Waals surface area contributed by atoms with Gasteiger partial charge in [-0.25, -0.2) is 4.39 Å². The number of hydrogen-bond donors (Lipinski definition) is 1. The molecular weight excluding hydrogens is 213 g/mol. The summed E-state index contributed by atoms with van der Waals surface area (Å²) in [6.07, 6.45) is 0. The van der Waals surface area contributed by atoms with Gasteiger partial charge in [0, 0.05) is 16.5 Å². The van der Waals surface area contributed by atoms with E-state index in [1.807, 2.05) is 6.07 Å². The van der Waals surface area contributed by atoms with Gasteiger partial charge in [-0.05, 0) is 19.1 Å². The zero-order chi connectivity index (χ0) is 10.8. The van der Waals surface area contributed by atoms with Crippen LogP contribution in [0.15, 0.2) is 23.1 Å². The summed E-state index contributed by atoms with van der Waals surface area (Å²) >= 11 is 1.65. The van der Waals surface area contributed by atoms with E-state index in [1.54, 1.807) is 24.8 Å². The van der Waals surface area contributed by atoms with Crippen molar-refractivity contribution < 1.29 is 9.13 Å². The standard InChI is InChI=1S/C11H14FNOS/c1-7(13)11-9(12)3-2-4-10(11)15-8-5-14-6-8/h2-4,7-8H,5-6,13H2,1H3/t7-/m1/s1. The van der Waals surface area contributed by atoms with Crippen molar-refractivity contribution in [3.63, 3.8) is 0 Å². The van der Waals surface area contributed by atoms with Crippen molar-refractivity contribution in [3.8, 4) is 0 Å². The predicted molar refractivity (Wildman–Crippen MR) is 59.5 cm³/mol. The highest BCUT2D eigenvalue weighted by molar-refractivity contribution is 8.00. The Morgan fingerprint density at radius 3 is 2.80 bits per heavy atom. The molecule has 1 saturated heterocycles. The van der Waals surface area contributed by atoms with Crippen LogP contribution in [-0.4, -0.2) is 18.5 Å². The highest BCUT2D eigenvalue weighted by atomic mass is 32.2. The quantitative estimate of drug-likeness (QED) is 0.860. The molecule has 1 aromatic carbocycles. The summed E-state index contributed by atoms with van der Waals surface area (Å²) in [6.45, 7) is 3.30. The van der Waals surface area contributed by atoms with E-state index in [0.29, 0.717) is 10.8 Å². The molecule has 0 spiro atoms. The van der Waals surface area contributed by atoms with Crippen LogP contribution in [-0.2, 0) is 4.74 Å². The van der Waals surface area contributed by atoms with Gasteiger partial charge in [0.2, 0.25) is 0 Å². The third-order valence-electron chi connectivity index (χ3n) is 2.37. The summed E-state index contributed by atoms with van der Waals surface area (Å²) in [4.78, 5) is 0.943. The van der Waals surface area contributed by atoms with Crippen molar-refractivity contribution in [2.24, 2.45) is 5.73 Å². The second-order valence-electron chi connectivity index (χ2n) is 3.72. The Balaban J connectivity index is 2.23. The minimum atomic E-state index is -0.269. The lowest BCUT2D eigenvalue weighted by molar-refractivity contribution is 0.0455. The van der Waals surface area contributed by atoms with Crippen molar-refractivity contribution in [2.75, 3.05) is 13.2 Å². The van der Waals surface area contributed by atoms with Gasteiger partial charge in [-0.2, -0.15) is 0 Å². The van der Waals surface area contributed by atoms with Crippen molar-refractivity contribution in [1.82, 2.24) is 0 Å². The van der Waals surface area contributed by atoms with Crippen LogP contribution in [0.5, 0.6) is 0 Å². The maximum atomic E-state index is 13.5. The number of ether oxygens (including phenoxy) is 1. The molecule has 1 aliphatic rings. The fourth-order valence-corrected chi connectivity index (χ4v) is 2.78. The van der Waals surface area contributed by atoms with Crippen LogP contribution in [0, 0.1) is 5.82 Å². The number of benzene rings is 1. The van der Waals surface area contributed by atoms with Crippen molar-refractivity contribution >= 4 is 11.8 Å². The summed E-state index contributed by atoms with van der Waals surface area (Å²) in [5.41, 5.74) is 6.39. The maximum Gasteiger partial charge on any atom is 0.129 e. The summed E-state index contributed by atoms with van der Waals surface area (Å²) in [7, 11) is 0. The molecular formula is C11H14FNOS. The number of hydrogen-bond acceptors (Lipinski definition) is 3. The van der Waals surface area contributed by atoms with Gasteiger partial charge in [0.1, 0.15) is 5.82 Å². The van der Waals surface area contributed by atoms with Gasteiger partial charge in [0.25, 0.3) is 0 Å². The summed E-state index contributed by atoms with van der Waals surface area (Å²) in [5.74, 6) is -0.213. The average molecular weight is 227 g/mol. The first-order valence-corrected chi connectivity index (χ1v) is 5.85. The fourth-order valence-electron chi connectivity index (χ4n) is 1.52. The molecule has 2 N–H and O–H groups in total. The van der Waals surface area contributed by atoms with Gasteiger partial charge >= 0.3 is 0 Å². The second-order valence-corrected chi connectivity index (χ2v) is 5.06. The molecule has 2 nitrogen and oxygen atoms in total. The van der Waals surface area contributed by atoms with Crippen molar-refractivity contribution in [1.29, 1.82) is 0 Å². The first kappa shape index (κ1) is 10.9. The van der Waals surface area contributed by atoms with Gasteiger partial charge in [-0.3, -0.25) is 0 Å². The van der Waals surface area contributed by atoms with Gasteiger partial charge in [-0.15, -0.1) is 11.8 Å². The minimum Gasteiger partial charge on any atom is -0.379 e. The number of thioether (sulfide) groups is 1. The van der Waals surface area contributed by atoms with Crippen LogP contribution in [0.4, 0.5) is 4.39 Å². The van der Waals surface area contributed by atoms with E-state index < -0.39 is 0 Å². The lowest BCUT2D eigenvalue weighted by Crippen LogP contribution is -2.30. The van der Waals surface area contributed by atoms with E-state index in [0.717, 1.165) is 18.1 Å². The van der Waals surface area contributed by atoms with Crippen LogP contribution in [0.2, 0.25) is 0 Å². The smallest absolute Gasteiger partial charge is 0.129 e. The molecule has 0 radical (unpaired) electrons. The maximum absolute atomic E-state index is 13.5. The van der Waals surface area contributed by atoms with E-state index in [2.05, 4.69) is 0 Å². The Bertz CT molecular complexity index is 352. The van der Waals surface area contributed by atoms with Gasteiger partial charge < -0.3 is 10.5 Å². The predicted octanol–water partition coefficient (Wildman–Crippen LogP) is 2.34. The van der Waals surface area contributed by atoms with E-state index >= 15 is 0 Å². The Morgan fingerprint density at radius 2 is 2.27 bits per heavy atom. The molecule has 1 aliphatic heterocycles. The molecule has 1 heterocycles. The molecule has 0 saturated carbocycles. The molecule has 4 heteroatoms. The van der Waals surface area contributed by atoms with Gasteiger partial charge in [0.05, 0.1) is 18.5 Å². The van der Waals surface area contributed by atoms with E-state index in [-0.39, 0.29) is 11.9 Å². The molecule has 1 atom stereocenters. The number of nitrogens with two attached hydrogens (primary N) is 1. The molecule has 0 unspecified atom stereocenters. The third kappa shape index (κ3) is 2.33. The summed E-state index contributed by atoms with van der Waals surface area (Å²) in [6, 6.07) is 4.84. The molecule has 82 valence electrons. The lowest BCUT2D eigenvalue weighted by atomic mass is 10.1. The minimum absolute atomic E-state index is 0.213. The topological polar surface area (TPSA) is 35.2 Å². The van der Waals surface area contributed by atoms with Crippen LogP contribution < -0.4 is 5.73 Å². The first-order chi connectivity index (χ1) is 7.18. The van der Waals surface area contributed by atoms with Crippen LogP contribution in [0.3, 0.4) is 0 Å². The Labute approximate surface area is 93.0 Å². The highest BCUT2D eigenvalue weighted by Gasteiger charge is 2.22. The van der Waals surface area contributed by atoms with Crippen LogP contribution >= 0.6 is 11.8 Å². The van der Waals surface area contributed by atoms with E-state index in [4.69, 9.17) is 10.5 Å². The monoisotopic (exact) mass is 227 g/mol. The average Bonchev–Trinajstić information content (AvgIpc) is 2.10. The first-order valence-electron chi connectivity index (χ1n) is 4.97. The fraction of sp³-hybridized carbons (Fsp3) is 0.455. The van der Waals surface area contributed by atoms with Gasteiger partial charge in [-0.1, -0.05) is 6.07 Å². The van der Waals surface area contributed by atoms with Gasteiger partial charge in [0.15, 0.2) is 0 Å².